The SMILES string of the molecule is Cc1cc(F)c(OCC(=O)c2cc(C)c(O)cc2O)c(F)c1. The van der Waals surface area contributed by atoms with Crippen molar-refractivity contribution >= 4 is 5.78 Å². The maximum atomic E-state index is 13.6. The predicted molar refractivity (Wildman–Crippen MR) is 75.4 cm³/mol. The molecular weight excluding hydrogens is 294 g/mol. The van der Waals surface area contributed by atoms with Gasteiger partial charge in [0.15, 0.2) is 24.0 Å². The molecule has 0 heterocycles. The number of benzene rings is 2. The quantitative estimate of drug-likeness (QED) is 0.851. The smallest absolute Gasteiger partial charge is 0.203 e. The van der Waals surface area contributed by atoms with Crippen LogP contribution >= 0.6 is 0 Å². The van der Waals surface area contributed by atoms with Crippen LogP contribution in [0.1, 0.15) is 21.5 Å². The molecule has 0 amide bonds. The monoisotopic (exact) mass is 308 g/mol. The summed E-state index contributed by atoms with van der Waals surface area (Å²) in [5, 5.41) is 19.1. The maximum Gasteiger partial charge on any atom is 0.203 e. The molecule has 0 saturated carbocycles. The molecule has 0 bridgehead atoms. The van der Waals surface area contributed by atoms with Crippen LogP contribution in [-0.2, 0) is 0 Å². The van der Waals surface area contributed by atoms with Crippen LogP contribution in [0.2, 0.25) is 0 Å². The van der Waals surface area contributed by atoms with E-state index in [1.54, 1.807) is 6.92 Å². The second-order valence-corrected chi connectivity index (χ2v) is 4.93. The van der Waals surface area contributed by atoms with Crippen LogP contribution in [0, 0.1) is 25.5 Å². The average Bonchev–Trinajstić information content (AvgIpc) is 2.41. The Balaban J connectivity index is 2.19. The topological polar surface area (TPSA) is 66.8 Å². The Labute approximate surface area is 125 Å². The first kappa shape index (κ1) is 15.8. The third-order valence-corrected chi connectivity index (χ3v) is 3.10. The third-order valence-electron chi connectivity index (χ3n) is 3.10. The summed E-state index contributed by atoms with van der Waals surface area (Å²) < 4.78 is 32.1. The molecule has 22 heavy (non-hydrogen) atoms. The van der Waals surface area contributed by atoms with Crippen LogP contribution in [-0.4, -0.2) is 22.6 Å². The van der Waals surface area contributed by atoms with E-state index in [9.17, 15) is 23.8 Å². The molecule has 4 nitrogen and oxygen atoms in total. The summed E-state index contributed by atoms with van der Waals surface area (Å²) in [6.45, 7) is 2.43. The Morgan fingerprint density at radius 2 is 1.64 bits per heavy atom. The van der Waals surface area contributed by atoms with E-state index in [1.807, 2.05) is 0 Å². The zero-order valence-corrected chi connectivity index (χ0v) is 12.0. The number of Topliss-reactive ketones (excluding diaryl/α,β-unsaturated/α-hetero) is 1. The van der Waals surface area contributed by atoms with Crippen molar-refractivity contribution in [2.75, 3.05) is 6.61 Å². The number of hydrogen-bond donors (Lipinski definition) is 2. The second kappa shape index (κ2) is 6.01. The summed E-state index contributed by atoms with van der Waals surface area (Å²) in [5.74, 6) is -3.71. The first-order valence-electron chi connectivity index (χ1n) is 6.44. The molecule has 0 aliphatic rings. The number of halogens is 2. The Morgan fingerprint density at radius 1 is 1.05 bits per heavy atom. The fourth-order valence-electron chi connectivity index (χ4n) is 1.95. The number of hydrogen-bond acceptors (Lipinski definition) is 4. The van der Waals surface area contributed by atoms with Gasteiger partial charge in [0, 0.05) is 6.07 Å². The van der Waals surface area contributed by atoms with E-state index in [-0.39, 0.29) is 11.3 Å². The van der Waals surface area contributed by atoms with Gasteiger partial charge in [-0.25, -0.2) is 8.78 Å². The molecule has 0 aliphatic carbocycles. The molecule has 0 fully saturated rings. The Kier molecular flexibility index (Phi) is 4.30. The van der Waals surface area contributed by atoms with E-state index >= 15 is 0 Å². The van der Waals surface area contributed by atoms with Crippen molar-refractivity contribution < 1.29 is 28.5 Å². The highest BCUT2D eigenvalue weighted by Gasteiger charge is 2.17. The van der Waals surface area contributed by atoms with Crippen LogP contribution in [0.3, 0.4) is 0 Å². The van der Waals surface area contributed by atoms with Crippen LogP contribution in [0.15, 0.2) is 24.3 Å². The molecule has 0 atom stereocenters. The van der Waals surface area contributed by atoms with Gasteiger partial charge in [0.05, 0.1) is 5.56 Å². The molecule has 0 unspecified atom stereocenters. The standard InChI is InChI=1S/C16H14F2O4/c1-8-3-11(17)16(12(18)4-8)22-7-15(21)10-5-9(2)13(19)6-14(10)20/h3-6,19-20H,7H2,1-2H3. The lowest BCUT2D eigenvalue weighted by molar-refractivity contribution is 0.0913. The Hall–Kier alpha value is -2.63. The van der Waals surface area contributed by atoms with Crippen molar-refractivity contribution in [1.29, 1.82) is 0 Å². The lowest BCUT2D eigenvalue weighted by Gasteiger charge is -2.10. The van der Waals surface area contributed by atoms with Gasteiger partial charge < -0.3 is 14.9 Å². The predicted octanol–water partition coefficient (Wildman–Crippen LogP) is 3.25. The summed E-state index contributed by atoms with van der Waals surface area (Å²) in [5.41, 5.74) is 0.678. The molecule has 116 valence electrons. The Morgan fingerprint density at radius 3 is 2.23 bits per heavy atom. The minimum Gasteiger partial charge on any atom is -0.508 e. The van der Waals surface area contributed by atoms with Gasteiger partial charge in [0.25, 0.3) is 0 Å². The highest BCUT2D eigenvalue weighted by atomic mass is 19.1. The first-order chi connectivity index (χ1) is 10.3. The number of aromatic hydroxyl groups is 2. The summed E-state index contributed by atoms with van der Waals surface area (Å²) in [6, 6.07) is 4.48. The molecule has 2 aromatic rings. The average molecular weight is 308 g/mol. The summed E-state index contributed by atoms with van der Waals surface area (Å²) >= 11 is 0. The van der Waals surface area contributed by atoms with Gasteiger partial charge in [0.1, 0.15) is 11.5 Å². The number of carbonyl (C=O) groups is 1. The normalized spacial score (nSPS) is 10.5. The molecule has 2 N–H and O–H groups in total. The zero-order valence-electron chi connectivity index (χ0n) is 12.0. The largest absolute Gasteiger partial charge is 0.508 e. The molecule has 2 rings (SSSR count). The summed E-state index contributed by atoms with van der Waals surface area (Å²) in [6.07, 6.45) is 0. The van der Waals surface area contributed by atoms with Gasteiger partial charge in [-0.3, -0.25) is 4.79 Å². The van der Waals surface area contributed by atoms with Crippen molar-refractivity contribution in [2.45, 2.75) is 13.8 Å². The van der Waals surface area contributed by atoms with Gasteiger partial charge in [-0.05, 0) is 43.2 Å². The molecule has 0 aliphatic heterocycles. The van der Waals surface area contributed by atoms with Gasteiger partial charge in [0.2, 0.25) is 5.78 Å². The van der Waals surface area contributed by atoms with E-state index in [0.717, 1.165) is 18.2 Å². The molecule has 0 aromatic heterocycles. The molecule has 6 heteroatoms. The maximum absolute atomic E-state index is 13.6. The zero-order chi connectivity index (χ0) is 16.4. The molecule has 0 saturated heterocycles. The lowest BCUT2D eigenvalue weighted by Crippen LogP contribution is -2.13. The number of phenolic OH excluding ortho intramolecular Hbond substituents is 2. The Bertz CT molecular complexity index is 718. The summed E-state index contributed by atoms with van der Waals surface area (Å²) in [7, 11) is 0. The second-order valence-electron chi connectivity index (χ2n) is 4.93. The van der Waals surface area contributed by atoms with E-state index in [0.29, 0.717) is 11.1 Å². The third kappa shape index (κ3) is 3.16. The van der Waals surface area contributed by atoms with Crippen LogP contribution in [0.25, 0.3) is 0 Å². The van der Waals surface area contributed by atoms with Crippen molar-refractivity contribution in [3.63, 3.8) is 0 Å². The van der Waals surface area contributed by atoms with E-state index in [1.165, 1.54) is 13.0 Å². The minimum atomic E-state index is -0.906. The van der Waals surface area contributed by atoms with E-state index in [2.05, 4.69) is 0 Å². The number of aryl methyl sites for hydroxylation is 2. The highest BCUT2D eigenvalue weighted by molar-refractivity contribution is 6.00. The van der Waals surface area contributed by atoms with Gasteiger partial charge in [-0.2, -0.15) is 0 Å². The van der Waals surface area contributed by atoms with Gasteiger partial charge >= 0.3 is 0 Å². The van der Waals surface area contributed by atoms with Crippen molar-refractivity contribution in [3.05, 3.63) is 52.6 Å². The number of carbonyl (C=O) groups excluding carboxylic acids is 1. The van der Waals surface area contributed by atoms with Crippen molar-refractivity contribution in [1.82, 2.24) is 0 Å². The van der Waals surface area contributed by atoms with Crippen molar-refractivity contribution in [2.24, 2.45) is 0 Å². The lowest BCUT2D eigenvalue weighted by atomic mass is 10.1. The highest BCUT2D eigenvalue weighted by Crippen LogP contribution is 2.28. The van der Waals surface area contributed by atoms with Gasteiger partial charge in [-0.1, -0.05) is 0 Å². The number of ether oxygens (including phenoxy) is 1. The number of phenols is 2. The van der Waals surface area contributed by atoms with Crippen LogP contribution in [0.4, 0.5) is 8.78 Å². The minimum absolute atomic E-state index is 0.0942. The molecule has 2 aromatic carbocycles. The van der Waals surface area contributed by atoms with E-state index < -0.39 is 35.5 Å². The van der Waals surface area contributed by atoms with E-state index in [4.69, 9.17) is 4.74 Å². The summed E-state index contributed by atoms with van der Waals surface area (Å²) in [4.78, 5) is 12.0. The first-order valence-corrected chi connectivity index (χ1v) is 6.44. The fraction of sp³-hybridized carbons (Fsp3) is 0.188. The van der Waals surface area contributed by atoms with Crippen LogP contribution < -0.4 is 4.74 Å². The molecule has 0 spiro atoms. The van der Waals surface area contributed by atoms with Gasteiger partial charge in [-0.15, -0.1) is 0 Å². The number of rotatable bonds is 4. The van der Waals surface area contributed by atoms with Crippen LogP contribution in [0.5, 0.6) is 17.2 Å². The fourth-order valence-corrected chi connectivity index (χ4v) is 1.95. The molecular formula is C16H14F2O4. The molecule has 0 radical (unpaired) electrons. The van der Waals surface area contributed by atoms with Crippen molar-refractivity contribution in [3.8, 4) is 17.2 Å². The number of ketones is 1.